The van der Waals surface area contributed by atoms with E-state index in [2.05, 4.69) is 19.2 Å². The van der Waals surface area contributed by atoms with Gasteiger partial charge in [0.05, 0.1) is 6.04 Å². The minimum absolute atomic E-state index is 0.0718. The summed E-state index contributed by atoms with van der Waals surface area (Å²) in [6.45, 7) is 6.22. The Labute approximate surface area is 67.1 Å². The van der Waals surface area contributed by atoms with Crippen LogP contribution in [0.5, 0.6) is 0 Å². The van der Waals surface area contributed by atoms with Crippen molar-refractivity contribution in [2.75, 3.05) is 0 Å². The van der Waals surface area contributed by atoms with Gasteiger partial charge < -0.3 is 10.1 Å². The molecular weight excluding hydrogens is 142 g/mol. The van der Waals surface area contributed by atoms with Crippen LogP contribution in [0.4, 0.5) is 4.79 Å². The molecule has 1 N–H and O–H groups in total. The molecular formula is C8H15NO2. The standard InChI is InChI=1S/C8H15NO2/c1-5(2)4-7-6(3)9-8(10)11-7/h5-7H,4H2,1-3H3,(H,9,10)/t6-,7-/m1/s1. The highest BCUT2D eigenvalue weighted by atomic mass is 16.6. The third kappa shape index (κ3) is 2.10. The molecule has 64 valence electrons. The summed E-state index contributed by atoms with van der Waals surface area (Å²) in [5.74, 6) is 0.579. The Hall–Kier alpha value is -0.730. The lowest BCUT2D eigenvalue weighted by molar-refractivity contribution is 0.120. The Morgan fingerprint density at radius 1 is 1.64 bits per heavy atom. The Balaban J connectivity index is 2.40. The second kappa shape index (κ2) is 3.11. The van der Waals surface area contributed by atoms with Crippen LogP contribution in [0.15, 0.2) is 0 Å². The molecule has 0 bridgehead atoms. The maximum absolute atomic E-state index is 10.7. The molecule has 0 radical (unpaired) electrons. The van der Waals surface area contributed by atoms with E-state index in [-0.39, 0.29) is 18.2 Å². The molecule has 3 nitrogen and oxygen atoms in total. The third-order valence-electron chi connectivity index (χ3n) is 1.87. The zero-order chi connectivity index (χ0) is 8.43. The number of amides is 1. The van der Waals surface area contributed by atoms with Gasteiger partial charge in [-0.25, -0.2) is 4.79 Å². The number of carbonyl (C=O) groups is 1. The van der Waals surface area contributed by atoms with Crippen LogP contribution in [0, 0.1) is 5.92 Å². The highest BCUT2D eigenvalue weighted by molar-refractivity contribution is 5.70. The van der Waals surface area contributed by atoms with Crippen LogP contribution in [0.1, 0.15) is 27.2 Å². The minimum Gasteiger partial charge on any atom is -0.444 e. The first-order chi connectivity index (χ1) is 5.09. The zero-order valence-electron chi connectivity index (χ0n) is 7.26. The molecule has 11 heavy (non-hydrogen) atoms. The average molecular weight is 157 g/mol. The van der Waals surface area contributed by atoms with Crippen molar-refractivity contribution in [3.63, 3.8) is 0 Å². The van der Waals surface area contributed by atoms with E-state index in [4.69, 9.17) is 4.74 Å². The molecule has 0 aliphatic carbocycles. The lowest BCUT2D eigenvalue weighted by atomic mass is 10.0. The van der Waals surface area contributed by atoms with E-state index in [0.29, 0.717) is 5.92 Å². The van der Waals surface area contributed by atoms with Crippen LogP contribution in [0.2, 0.25) is 0 Å². The van der Waals surface area contributed by atoms with Gasteiger partial charge in [-0.3, -0.25) is 0 Å². The van der Waals surface area contributed by atoms with E-state index in [0.717, 1.165) is 6.42 Å². The van der Waals surface area contributed by atoms with Gasteiger partial charge in [-0.15, -0.1) is 0 Å². The summed E-state index contributed by atoms with van der Waals surface area (Å²) in [6.07, 6.45) is 0.741. The van der Waals surface area contributed by atoms with Gasteiger partial charge in [-0.2, -0.15) is 0 Å². The quantitative estimate of drug-likeness (QED) is 0.660. The zero-order valence-corrected chi connectivity index (χ0v) is 7.26. The SMILES string of the molecule is CC(C)C[C@H]1OC(=O)N[C@@H]1C. The van der Waals surface area contributed by atoms with Crippen LogP contribution < -0.4 is 5.32 Å². The molecule has 1 rings (SSSR count). The van der Waals surface area contributed by atoms with E-state index in [1.807, 2.05) is 6.92 Å². The first-order valence-electron chi connectivity index (χ1n) is 4.06. The van der Waals surface area contributed by atoms with Crippen molar-refractivity contribution >= 4 is 6.09 Å². The highest BCUT2D eigenvalue weighted by Crippen LogP contribution is 2.16. The molecule has 1 heterocycles. The van der Waals surface area contributed by atoms with E-state index in [1.54, 1.807) is 0 Å². The molecule has 0 aromatic carbocycles. The predicted octanol–water partition coefficient (Wildman–Crippen LogP) is 1.53. The number of hydrogen-bond acceptors (Lipinski definition) is 2. The summed E-state index contributed by atoms with van der Waals surface area (Å²) in [6, 6.07) is 0.171. The highest BCUT2D eigenvalue weighted by Gasteiger charge is 2.30. The number of nitrogens with one attached hydrogen (secondary N) is 1. The van der Waals surface area contributed by atoms with E-state index < -0.39 is 0 Å². The minimum atomic E-state index is -0.275. The monoisotopic (exact) mass is 157 g/mol. The number of rotatable bonds is 2. The summed E-state index contributed by atoms with van der Waals surface area (Å²) in [5.41, 5.74) is 0. The van der Waals surface area contributed by atoms with Gasteiger partial charge in [0, 0.05) is 0 Å². The molecule has 1 fully saturated rings. The van der Waals surface area contributed by atoms with Gasteiger partial charge in [-0.05, 0) is 19.3 Å². The molecule has 1 aliphatic heterocycles. The van der Waals surface area contributed by atoms with Crippen LogP contribution in [-0.4, -0.2) is 18.2 Å². The summed E-state index contributed by atoms with van der Waals surface area (Å²) in [5, 5.41) is 2.71. The molecule has 2 atom stereocenters. The van der Waals surface area contributed by atoms with Gasteiger partial charge in [-0.1, -0.05) is 13.8 Å². The van der Waals surface area contributed by atoms with E-state index in [9.17, 15) is 4.79 Å². The first kappa shape index (κ1) is 8.37. The Bertz CT molecular complexity index is 156. The molecule has 1 aliphatic rings. The van der Waals surface area contributed by atoms with E-state index in [1.165, 1.54) is 0 Å². The fourth-order valence-electron chi connectivity index (χ4n) is 1.27. The predicted molar refractivity (Wildman–Crippen MR) is 42.3 cm³/mol. The van der Waals surface area contributed by atoms with Crippen molar-refractivity contribution in [2.45, 2.75) is 39.3 Å². The third-order valence-corrected chi connectivity index (χ3v) is 1.87. The van der Waals surface area contributed by atoms with Crippen molar-refractivity contribution in [1.29, 1.82) is 0 Å². The Morgan fingerprint density at radius 3 is 2.64 bits per heavy atom. The lowest BCUT2D eigenvalue weighted by Gasteiger charge is -2.14. The smallest absolute Gasteiger partial charge is 0.407 e. The molecule has 0 aromatic heterocycles. The van der Waals surface area contributed by atoms with Crippen molar-refractivity contribution in [2.24, 2.45) is 5.92 Å². The summed E-state index contributed by atoms with van der Waals surface area (Å²) in [4.78, 5) is 10.7. The van der Waals surface area contributed by atoms with Gasteiger partial charge in [0.25, 0.3) is 0 Å². The van der Waals surface area contributed by atoms with Crippen molar-refractivity contribution < 1.29 is 9.53 Å². The van der Waals surface area contributed by atoms with Crippen LogP contribution in [0.25, 0.3) is 0 Å². The maximum Gasteiger partial charge on any atom is 0.407 e. The molecule has 0 saturated carbocycles. The van der Waals surface area contributed by atoms with Gasteiger partial charge in [0.2, 0.25) is 0 Å². The molecule has 0 spiro atoms. The summed E-state index contributed by atoms with van der Waals surface area (Å²) < 4.78 is 5.03. The average Bonchev–Trinajstić information content (AvgIpc) is 2.09. The normalized spacial score (nSPS) is 30.4. The summed E-state index contributed by atoms with van der Waals surface area (Å²) >= 11 is 0. The lowest BCUT2D eigenvalue weighted by Crippen LogP contribution is -2.28. The largest absolute Gasteiger partial charge is 0.444 e. The maximum atomic E-state index is 10.7. The Morgan fingerprint density at radius 2 is 2.27 bits per heavy atom. The van der Waals surface area contributed by atoms with Crippen molar-refractivity contribution in [3.8, 4) is 0 Å². The number of carbonyl (C=O) groups excluding carboxylic acids is 1. The second-order valence-electron chi connectivity index (χ2n) is 3.51. The summed E-state index contributed by atoms with van der Waals surface area (Å²) in [7, 11) is 0. The number of alkyl carbamates (subject to hydrolysis) is 1. The van der Waals surface area contributed by atoms with Gasteiger partial charge in [0.15, 0.2) is 0 Å². The molecule has 1 amide bonds. The Kier molecular flexibility index (Phi) is 2.37. The molecule has 3 heteroatoms. The topological polar surface area (TPSA) is 38.3 Å². The fraction of sp³-hybridized carbons (Fsp3) is 0.875. The van der Waals surface area contributed by atoms with Gasteiger partial charge >= 0.3 is 6.09 Å². The van der Waals surface area contributed by atoms with Crippen LogP contribution in [0.3, 0.4) is 0 Å². The molecule has 0 unspecified atom stereocenters. The van der Waals surface area contributed by atoms with Crippen LogP contribution >= 0.6 is 0 Å². The number of cyclic esters (lactones) is 1. The first-order valence-corrected chi connectivity index (χ1v) is 4.06. The second-order valence-corrected chi connectivity index (χ2v) is 3.51. The van der Waals surface area contributed by atoms with Crippen LogP contribution in [-0.2, 0) is 4.74 Å². The molecule has 1 saturated heterocycles. The van der Waals surface area contributed by atoms with Crippen molar-refractivity contribution in [1.82, 2.24) is 5.32 Å². The van der Waals surface area contributed by atoms with Gasteiger partial charge in [0.1, 0.15) is 6.10 Å². The van der Waals surface area contributed by atoms with Crippen molar-refractivity contribution in [3.05, 3.63) is 0 Å². The van der Waals surface area contributed by atoms with E-state index >= 15 is 0 Å². The molecule has 0 aromatic rings. The number of ether oxygens (including phenoxy) is 1. The fourth-order valence-corrected chi connectivity index (χ4v) is 1.27. The number of hydrogen-bond donors (Lipinski definition) is 1.